The molecule has 0 bridgehead atoms. The van der Waals surface area contributed by atoms with Crippen LogP contribution in [-0.4, -0.2) is 0 Å². The van der Waals surface area contributed by atoms with E-state index in [1.165, 1.54) is 32.1 Å². The zero-order valence-electron chi connectivity index (χ0n) is 8.55. The van der Waals surface area contributed by atoms with Crippen LogP contribution in [0.4, 0.5) is 0 Å². The topological polar surface area (TPSA) is 0 Å². The molecule has 0 radical (unpaired) electrons. The standard InChI is InChI=1S/C12H22/c1-4-6-7-8-9-11-12(3)10-5-2/h4,6-7,12H,1,5,8-11H2,2-3H3. The second-order valence-corrected chi connectivity index (χ2v) is 3.49. The molecular formula is C12H22. The van der Waals surface area contributed by atoms with Crippen LogP contribution in [-0.2, 0) is 0 Å². The predicted molar refractivity (Wildman–Crippen MR) is 57.3 cm³/mol. The highest BCUT2D eigenvalue weighted by molar-refractivity contribution is 4.96. The molecule has 0 aliphatic rings. The zero-order chi connectivity index (χ0) is 9.23. The van der Waals surface area contributed by atoms with Crippen LogP contribution in [0.3, 0.4) is 0 Å². The van der Waals surface area contributed by atoms with E-state index >= 15 is 0 Å². The molecule has 0 aromatic heterocycles. The van der Waals surface area contributed by atoms with Crippen molar-refractivity contribution in [3.05, 3.63) is 24.8 Å². The summed E-state index contributed by atoms with van der Waals surface area (Å²) in [7, 11) is 0. The summed E-state index contributed by atoms with van der Waals surface area (Å²) in [5, 5.41) is 0. The number of unbranched alkanes of at least 4 members (excludes halogenated alkanes) is 1. The van der Waals surface area contributed by atoms with E-state index in [0.717, 1.165) is 5.92 Å². The van der Waals surface area contributed by atoms with Crippen molar-refractivity contribution in [1.82, 2.24) is 0 Å². The molecule has 0 spiro atoms. The van der Waals surface area contributed by atoms with Crippen molar-refractivity contribution in [3.8, 4) is 0 Å². The maximum Gasteiger partial charge on any atom is -0.0348 e. The lowest BCUT2D eigenvalue weighted by Crippen LogP contribution is -1.92. The lowest BCUT2D eigenvalue weighted by atomic mass is 9.99. The Morgan fingerprint density at radius 3 is 2.67 bits per heavy atom. The minimum Gasteiger partial charge on any atom is -0.0991 e. The fourth-order valence-electron chi connectivity index (χ4n) is 1.41. The van der Waals surface area contributed by atoms with Crippen molar-refractivity contribution in [3.63, 3.8) is 0 Å². The Labute approximate surface area is 77.4 Å². The first-order chi connectivity index (χ1) is 5.81. The molecule has 0 N–H and O–H groups in total. The summed E-state index contributed by atoms with van der Waals surface area (Å²) >= 11 is 0. The third-order valence-electron chi connectivity index (χ3n) is 2.12. The van der Waals surface area contributed by atoms with Crippen molar-refractivity contribution < 1.29 is 0 Å². The molecule has 0 saturated carbocycles. The molecule has 1 unspecified atom stereocenters. The molecular weight excluding hydrogens is 144 g/mol. The number of hydrogen-bond acceptors (Lipinski definition) is 0. The lowest BCUT2D eigenvalue weighted by molar-refractivity contribution is 0.471. The highest BCUT2D eigenvalue weighted by atomic mass is 14.0. The van der Waals surface area contributed by atoms with Crippen LogP contribution in [0.25, 0.3) is 0 Å². The average Bonchev–Trinajstić information content (AvgIpc) is 2.05. The van der Waals surface area contributed by atoms with Gasteiger partial charge < -0.3 is 0 Å². The van der Waals surface area contributed by atoms with Crippen LogP contribution in [0.1, 0.15) is 46.0 Å². The Bertz CT molecular complexity index is 122. The van der Waals surface area contributed by atoms with Gasteiger partial charge in [-0.3, -0.25) is 0 Å². The Balaban J connectivity index is 3.18. The summed E-state index contributed by atoms with van der Waals surface area (Å²) in [6, 6.07) is 0. The summed E-state index contributed by atoms with van der Waals surface area (Å²) in [4.78, 5) is 0. The SMILES string of the molecule is C=CC=CCCCC(C)CCC. The van der Waals surface area contributed by atoms with E-state index in [1.54, 1.807) is 0 Å². The first kappa shape index (κ1) is 11.5. The molecule has 0 heterocycles. The van der Waals surface area contributed by atoms with E-state index in [0.29, 0.717) is 0 Å². The molecule has 0 heteroatoms. The third kappa shape index (κ3) is 7.59. The van der Waals surface area contributed by atoms with Gasteiger partial charge >= 0.3 is 0 Å². The molecule has 0 fully saturated rings. The summed E-state index contributed by atoms with van der Waals surface area (Å²) in [5.74, 6) is 0.909. The van der Waals surface area contributed by atoms with Gasteiger partial charge in [-0.1, -0.05) is 57.9 Å². The fourth-order valence-corrected chi connectivity index (χ4v) is 1.41. The molecule has 1 atom stereocenters. The Kier molecular flexibility index (Phi) is 8.20. The van der Waals surface area contributed by atoms with E-state index in [2.05, 4.69) is 26.5 Å². The molecule has 0 aromatic carbocycles. The maximum absolute atomic E-state index is 3.64. The first-order valence-corrected chi connectivity index (χ1v) is 5.08. The van der Waals surface area contributed by atoms with Crippen LogP contribution in [0.5, 0.6) is 0 Å². The molecule has 70 valence electrons. The van der Waals surface area contributed by atoms with Gasteiger partial charge in [0.1, 0.15) is 0 Å². The number of hydrogen-bond donors (Lipinski definition) is 0. The smallest absolute Gasteiger partial charge is 0.0348 e. The summed E-state index contributed by atoms with van der Waals surface area (Å²) in [5.41, 5.74) is 0. The minimum atomic E-state index is 0.909. The molecule has 0 aliphatic heterocycles. The Morgan fingerprint density at radius 2 is 2.08 bits per heavy atom. The molecule has 0 aliphatic carbocycles. The van der Waals surface area contributed by atoms with Crippen LogP contribution in [0.2, 0.25) is 0 Å². The molecule has 0 rings (SSSR count). The second kappa shape index (κ2) is 8.58. The summed E-state index contributed by atoms with van der Waals surface area (Å²) in [6.45, 7) is 8.24. The lowest BCUT2D eigenvalue weighted by Gasteiger charge is -2.07. The van der Waals surface area contributed by atoms with Gasteiger partial charge in [0.05, 0.1) is 0 Å². The van der Waals surface area contributed by atoms with Crippen molar-refractivity contribution in [2.24, 2.45) is 5.92 Å². The van der Waals surface area contributed by atoms with Crippen molar-refractivity contribution in [2.75, 3.05) is 0 Å². The van der Waals surface area contributed by atoms with Crippen LogP contribution < -0.4 is 0 Å². The van der Waals surface area contributed by atoms with Gasteiger partial charge in [0.2, 0.25) is 0 Å². The van der Waals surface area contributed by atoms with Gasteiger partial charge in [0, 0.05) is 0 Å². The average molecular weight is 166 g/mol. The molecule has 0 aromatic rings. The van der Waals surface area contributed by atoms with Crippen LogP contribution in [0, 0.1) is 5.92 Å². The molecule has 0 saturated heterocycles. The monoisotopic (exact) mass is 166 g/mol. The first-order valence-electron chi connectivity index (χ1n) is 5.08. The predicted octanol–water partition coefficient (Wildman–Crippen LogP) is 4.34. The van der Waals surface area contributed by atoms with E-state index in [9.17, 15) is 0 Å². The summed E-state index contributed by atoms with van der Waals surface area (Å²) in [6.07, 6.45) is 12.7. The van der Waals surface area contributed by atoms with Crippen LogP contribution in [0.15, 0.2) is 24.8 Å². The Hall–Kier alpha value is -0.520. The fraction of sp³-hybridized carbons (Fsp3) is 0.667. The molecule has 0 amide bonds. The number of rotatable bonds is 7. The molecule has 12 heavy (non-hydrogen) atoms. The normalized spacial score (nSPS) is 13.5. The van der Waals surface area contributed by atoms with Gasteiger partial charge in [-0.25, -0.2) is 0 Å². The highest BCUT2D eigenvalue weighted by Crippen LogP contribution is 2.13. The van der Waals surface area contributed by atoms with Gasteiger partial charge in [0.15, 0.2) is 0 Å². The van der Waals surface area contributed by atoms with E-state index in [4.69, 9.17) is 0 Å². The van der Waals surface area contributed by atoms with Crippen molar-refractivity contribution in [1.29, 1.82) is 0 Å². The zero-order valence-corrected chi connectivity index (χ0v) is 8.55. The Morgan fingerprint density at radius 1 is 1.33 bits per heavy atom. The van der Waals surface area contributed by atoms with Crippen molar-refractivity contribution in [2.45, 2.75) is 46.0 Å². The van der Waals surface area contributed by atoms with E-state index < -0.39 is 0 Å². The summed E-state index contributed by atoms with van der Waals surface area (Å²) < 4.78 is 0. The third-order valence-corrected chi connectivity index (χ3v) is 2.12. The van der Waals surface area contributed by atoms with Gasteiger partial charge in [-0.2, -0.15) is 0 Å². The van der Waals surface area contributed by atoms with E-state index in [1.807, 2.05) is 12.2 Å². The highest BCUT2D eigenvalue weighted by Gasteiger charge is 1.98. The minimum absolute atomic E-state index is 0.909. The van der Waals surface area contributed by atoms with Crippen LogP contribution >= 0.6 is 0 Å². The van der Waals surface area contributed by atoms with E-state index in [-0.39, 0.29) is 0 Å². The largest absolute Gasteiger partial charge is 0.0991 e. The quantitative estimate of drug-likeness (QED) is 0.390. The maximum atomic E-state index is 3.64. The van der Waals surface area contributed by atoms with Gasteiger partial charge in [0.25, 0.3) is 0 Å². The van der Waals surface area contributed by atoms with Gasteiger partial charge in [-0.05, 0) is 18.8 Å². The van der Waals surface area contributed by atoms with Gasteiger partial charge in [-0.15, -0.1) is 0 Å². The van der Waals surface area contributed by atoms with Crippen molar-refractivity contribution >= 4 is 0 Å². The number of allylic oxidation sites excluding steroid dienone is 3. The molecule has 0 nitrogen and oxygen atoms in total. The second-order valence-electron chi connectivity index (χ2n) is 3.49.